The van der Waals surface area contributed by atoms with Crippen molar-refractivity contribution < 1.29 is 4.42 Å². The molecule has 104 valence electrons. The highest BCUT2D eigenvalue weighted by molar-refractivity contribution is 8.00. The molecule has 0 amide bonds. The van der Waals surface area contributed by atoms with Crippen molar-refractivity contribution in [1.82, 2.24) is 5.32 Å². The molecule has 1 aromatic carbocycles. The monoisotopic (exact) mass is 277 g/mol. The van der Waals surface area contributed by atoms with Gasteiger partial charge in [-0.2, -0.15) is 11.8 Å². The van der Waals surface area contributed by atoms with E-state index in [4.69, 9.17) is 4.42 Å². The van der Waals surface area contributed by atoms with Crippen molar-refractivity contribution in [2.45, 2.75) is 38.0 Å². The summed E-state index contributed by atoms with van der Waals surface area (Å²) in [5, 5.41) is 4.81. The highest BCUT2D eigenvalue weighted by Crippen LogP contribution is 2.29. The molecule has 2 nitrogen and oxygen atoms in total. The van der Waals surface area contributed by atoms with Crippen LogP contribution in [0, 0.1) is 0 Å². The van der Waals surface area contributed by atoms with E-state index in [0.717, 1.165) is 18.7 Å². The lowest BCUT2D eigenvalue weighted by atomic mass is 10.0. The Balaban J connectivity index is 1.99. The molecular weight excluding hydrogens is 254 g/mol. The molecule has 1 N–H and O–H groups in total. The Kier molecular flexibility index (Phi) is 4.94. The molecule has 1 heterocycles. The first-order chi connectivity index (χ1) is 9.24. The standard InChI is InChI=1S/C16H23NOS/c1-4-16(5-2,19-3)12-17-10-13-11-18-15-9-7-6-8-14(13)15/h6-9,11,17H,4-5,10,12H2,1-3H3. The van der Waals surface area contributed by atoms with E-state index in [9.17, 15) is 0 Å². The zero-order valence-electron chi connectivity index (χ0n) is 12.0. The summed E-state index contributed by atoms with van der Waals surface area (Å²) in [6.07, 6.45) is 6.48. The summed E-state index contributed by atoms with van der Waals surface area (Å²) in [5.74, 6) is 0. The zero-order chi connectivity index (χ0) is 13.7. The van der Waals surface area contributed by atoms with Crippen molar-refractivity contribution in [1.29, 1.82) is 0 Å². The fourth-order valence-corrected chi connectivity index (χ4v) is 3.28. The maximum Gasteiger partial charge on any atom is 0.134 e. The molecule has 2 rings (SSSR count). The second-order valence-corrected chi connectivity index (χ2v) is 6.23. The second-order valence-electron chi connectivity index (χ2n) is 4.95. The van der Waals surface area contributed by atoms with E-state index < -0.39 is 0 Å². The van der Waals surface area contributed by atoms with E-state index in [1.165, 1.54) is 23.8 Å². The third kappa shape index (κ3) is 3.15. The van der Waals surface area contributed by atoms with Gasteiger partial charge in [-0.25, -0.2) is 0 Å². The largest absolute Gasteiger partial charge is 0.464 e. The number of para-hydroxylation sites is 1. The minimum atomic E-state index is 0.361. The lowest BCUT2D eigenvalue weighted by Crippen LogP contribution is -2.36. The summed E-state index contributed by atoms with van der Waals surface area (Å²) in [4.78, 5) is 0. The molecule has 0 spiro atoms. The lowest BCUT2D eigenvalue weighted by Gasteiger charge is -2.29. The van der Waals surface area contributed by atoms with Crippen molar-refractivity contribution in [3.63, 3.8) is 0 Å². The van der Waals surface area contributed by atoms with Gasteiger partial charge in [0.05, 0.1) is 6.26 Å². The van der Waals surface area contributed by atoms with Gasteiger partial charge in [-0.1, -0.05) is 32.0 Å². The molecule has 1 aromatic heterocycles. The van der Waals surface area contributed by atoms with E-state index in [2.05, 4.69) is 37.6 Å². The number of rotatable bonds is 7. The lowest BCUT2D eigenvalue weighted by molar-refractivity contribution is 0.493. The number of hydrogen-bond acceptors (Lipinski definition) is 3. The molecule has 0 aliphatic carbocycles. The summed E-state index contributed by atoms with van der Waals surface area (Å²) in [6.45, 7) is 6.46. The smallest absolute Gasteiger partial charge is 0.134 e. The first kappa shape index (κ1) is 14.5. The van der Waals surface area contributed by atoms with E-state index >= 15 is 0 Å². The number of fused-ring (bicyclic) bond motifs is 1. The summed E-state index contributed by atoms with van der Waals surface area (Å²) in [5.41, 5.74) is 2.22. The van der Waals surface area contributed by atoms with Crippen molar-refractivity contribution in [2.24, 2.45) is 0 Å². The van der Waals surface area contributed by atoms with Crippen LogP contribution in [0.5, 0.6) is 0 Å². The van der Waals surface area contributed by atoms with Crippen LogP contribution in [0.4, 0.5) is 0 Å². The summed E-state index contributed by atoms with van der Waals surface area (Å²) in [7, 11) is 0. The topological polar surface area (TPSA) is 25.2 Å². The molecule has 0 saturated heterocycles. The highest BCUT2D eigenvalue weighted by Gasteiger charge is 2.24. The first-order valence-corrected chi connectivity index (χ1v) is 8.18. The number of thioether (sulfide) groups is 1. The summed E-state index contributed by atoms with van der Waals surface area (Å²) >= 11 is 1.97. The Morgan fingerprint density at radius 1 is 1.21 bits per heavy atom. The molecule has 0 fully saturated rings. The number of furan rings is 1. The van der Waals surface area contributed by atoms with Gasteiger partial charge < -0.3 is 9.73 Å². The van der Waals surface area contributed by atoms with Crippen LogP contribution < -0.4 is 5.32 Å². The fraction of sp³-hybridized carbons (Fsp3) is 0.500. The summed E-state index contributed by atoms with van der Waals surface area (Å²) in [6, 6.07) is 8.21. The molecule has 0 bridgehead atoms. The average Bonchev–Trinajstić information content (AvgIpc) is 2.88. The van der Waals surface area contributed by atoms with Crippen LogP contribution in [0.2, 0.25) is 0 Å². The van der Waals surface area contributed by atoms with Crippen molar-refractivity contribution in [2.75, 3.05) is 12.8 Å². The van der Waals surface area contributed by atoms with E-state index in [1.807, 2.05) is 30.2 Å². The third-order valence-corrected chi connectivity index (χ3v) is 5.63. The molecular formula is C16H23NOS. The predicted molar refractivity (Wildman–Crippen MR) is 84.7 cm³/mol. The van der Waals surface area contributed by atoms with E-state index in [-0.39, 0.29) is 0 Å². The SMILES string of the molecule is CCC(CC)(CNCc1coc2ccccc12)SC. The van der Waals surface area contributed by atoms with Gasteiger partial charge in [-0.3, -0.25) is 0 Å². The molecule has 0 saturated carbocycles. The van der Waals surface area contributed by atoms with Crippen molar-refractivity contribution in [3.8, 4) is 0 Å². The molecule has 0 atom stereocenters. The first-order valence-electron chi connectivity index (χ1n) is 6.95. The van der Waals surface area contributed by atoms with Gasteiger partial charge in [-0.15, -0.1) is 0 Å². The molecule has 0 unspecified atom stereocenters. The van der Waals surface area contributed by atoms with E-state index in [0.29, 0.717) is 4.75 Å². The number of benzene rings is 1. The van der Waals surface area contributed by atoms with Gasteiger partial charge in [0.25, 0.3) is 0 Å². The van der Waals surface area contributed by atoms with Crippen LogP contribution in [0.25, 0.3) is 11.0 Å². The number of nitrogens with one attached hydrogen (secondary N) is 1. The van der Waals surface area contributed by atoms with Crippen LogP contribution in [0.1, 0.15) is 32.3 Å². The van der Waals surface area contributed by atoms with Gasteiger partial charge >= 0.3 is 0 Å². The van der Waals surface area contributed by atoms with Gasteiger partial charge in [-0.05, 0) is 25.2 Å². The van der Waals surface area contributed by atoms with Crippen molar-refractivity contribution >= 4 is 22.7 Å². The van der Waals surface area contributed by atoms with Crippen LogP contribution in [0.3, 0.4) is 0 Å². The highest BCUT2D eigenvalue weighted by atomic mass is 32.2. The molecule has 3 heteroatoms. The molecule has 19 heavy (non-hydrogen) atoms. The predicted octanol–water partition coefficient (Wildman–Crippen LogP) is 4.44. The Morgan fingerprint density at radius 3 is 2.63 bits per heavy atom. The number of hydrogen-bond donors (Lipinski definition) is 1. The van der Waals surface area contributed by atoms with Crippen LogP contribution in [-0.2, 0) is 6.54 Å². The minimum absolute atomic E-state index is 0.361. The summed E-state index contributed by atoms with van der Waals surface area (Å²) < 4.78 is 5.93. The van der Waals surface area contributed by atoms with Gasteiger partial charge in [0.2, 0.25) is 0 Å². The third-order valence-electron chi connectivity index (χ3n) is 4.05. The molecule has 0 aliphatic rings. The molecule has 2 aromatic rings. The molecule has 0 aliphatic heterocycles. The van der Waals surface area contributed by atoms with Crippen molar-refractivity contribution in [3.05, 3.63) is 36.1 Å². The Hall–Kier alpha value is -0.930. The average molecular weight is 277 g/mol. The Morgan fingerprint density at radius 2 is 1.95 bits per heavy atom. The zero-order valence-corrected chi connectivity index (χ0v) is 12.8. The van der Waals surface area contributed by atoms with Gasteiger partial charge in [0.15, 0.2) is 0 Å². The normalized spacial score (nSPS) is 12.2. The second kappa shape index (κ2) is 6.49. The Labute approximate surface area is 119 Å². The van der Waals surface area contributed by atoms with Gasteiger partial charge in [0, 0.05) is 28.8 Å². The minimum Gasteiger partial charge on any atom is -0.464 e. The quantitative estimate of drug-likeness (QED) is 0.809. The maximum atomic E-state index is 5.57. The van der Waals surface area contributed by atoms with Gasteiger partial charge in [0.1, 0.15) is 5.58 Å². The van der Waals surface area contributed by atoms with Crippen LogP contribution in [0.15, 0.2) is 34.9 Å². The Bertz CT molecular complexity index is 508. The molecule has 0 radical (unpaired) electrons. The maximum absolute atomic E-state index is 5.57. The fourth-order valence-electron chi connectivity index (χ4n) is 2.46. The van der Waals surface area contributed by atoms with Crippen LogP contribution in [-0.4, -0.2) is 17.5 Å². The van der Waals surface area contributed by atoms with E-state index in [1.54, 1.807) is 0 Å². The van der Waals surface area contributed by atoms with Crippen LogP contribution >= 0.6 is 11.8 Å².